The van der Waals surface area contributed by atoms with E-state index in [1.165, 1.54) is 77.9 Å². The summed E-state index contributed by atoms with van der Waals surface area (Å²) in [7, 11) is 0.727. The van der Waals surface area contributed by atoms with E-state index in [2.05, 4.69) is 178 Å². The first-order valence-corrected chi connectivity index (χ1v) is 21.4. The lowest BCUT2D eigenvalue weighted by molar-refractivity contribution is 0.402. The first kappa shape index (κ1) is 37.1. The number of allylic oxidation sites excluding steroid dienone is 2. The van der Waals surface area contributed by atoms with Gasteiger partial charge in [0, 0.05) is 43.3 Å². The Bertz CT molecular complexity index is 2280. The standard InChI is InChI=1S/C52H54O2Si/c1-31-25-37-41(49(33(31)3)35-17-13-11-14-18-35)27-39(45-21-23-47(53-45)51(5,6)7)43(37)29-55-30-44-38-26-32(2)34(4)50(36-19-15-12-16-20-36)42(38)28-40(44)46-22-24-48(54-46)52(8,9)10/h11-28,43-44H,29-30H2,1-10H3. The maximum Gasteiger partial charge on any atom is 0.130 e. The van der Waals surface area contributed by atoms with Crippen molar-refractivity contribution in [2.24, 2.45) is 0 Å². The third kappa shape index (κ3) is 6.75. The smallest absolute Gasteiger partial charge is 0.130 e. The zero-order chi connectivity index (χ0) is 38.8. The molecule has 0 bridgehead atoms. The number of hydrogen-bond donors (Lipinski definition) is 0. The van der Waals surface area contributed by atoms with Crippen molar-refractivity contribution in [3.63, 3.8) is 0 Å². The largest absolute Gasteiger partial charge is 0.461 e. The van der Waals surface area contributed by atoms with E-state index >= 15 is 0 Å². The molecular weight excluding hydrogens is 685 g/mol. The molecule has 55 heavy (non-hydrogen) atoms. The highest BCUT2D eigenvalue weighted by atomic mass is 28.2. The summed E-state index contributed by atoms with van der Waals surface area (Å²) in [6.45, 7) is 22.5. The topological polar surface area (TPSA) is 26.3 Å². The van der Waals surface area contributed by atoms with Crippen LogP contribution in [-0.4, -0.2) is 9.52 Å². The number of fused-ring (bicyclic) bond motifs is 2. The first-order valence-electron chi connectivity index (χ1n) is 19.9. The van der Waals surface area contributed by atoms with Crippen molar-refractivity contribution in [3.05, 3.63) is 165 Å². The maximum atomic E-state index is 6.72. The summed E-state index contributed by atoms with van der Waals surface area (Å²) >= 11 is 0. The minimum absolute atomic E-state index is 0.0592. The molecule has 6 aromatic rings. The molecule has 2 unspecified atom stereocenters. The number of rotatable bonds is 8. The summed E-state index contributed by atoms with van der Waals surface area (Å²) in [6, 6.07) is 37.7. The van der Waals surface area contributed by atoms with Gasteiger partial charge in [-0.25, -0.2) is 0 Å². The fraction of sp³-hybridized carbons (Fsp3) is 0.308. The van der Waals surface area contributed by atoms with Gasteiger partial charge >= 0.3 is 0 Å². The molecule has 2 aromatic heterocycles. The highest BCUT2D eigenvalue weighted by molar-refractivity contribution is 6.37. The van der Waals surface area contributed by atoms with Crippen LogP contribution in [0.1, 0.15) is 121 Å². The van der Waals surface area contributed by atoms with Gasteiger partial charge in [0.15, 0.2) is 0 Å². The van der Waals surface area contributed by atoms with Crippen LogP contribution in [0, 0.1) is 27.7 Å². The van der Waals surface area contributed by atoms with E-state index in [9.17, 15) is 0 Å². The van der Waals surface area contributed by atoms with Crippen molar-refractivity contribution in [2.75, 3.05) is 0 Å². The second-order valence-electron chi connectivity index (χ2n) is 17.9. The van der Waals surface area contributed by atoms with Crippen molar-refractivity contribution in [3.8, 4) is 22.3 Å². The molecule has 4 aromatic carbocycles. The second-order valence-corrected chi connectivity index (χ2v) is 19.2. The van der Waals surface area contributed by atoms with Crippen LogP contribution in [0.15, 0.2) is 106 Å². The van der Waals surface area contributed by atoms with E-state index in [0.29, 0.717) is 0 Å². The molecular formula is C52H54O2Si. The van der Waals surface area contributed by atoms with Crippen molar-refractivity contribution in [1.29, 1.82) is 0 Å². The Balaban J connectivity index is 1.20. The van der Waals surface area contributed by atoms with Gasteiger partial charge in [0.2, 0.25) is 0 Å². The number of benzene rings is 4. The second kappa shape index (κ2) is 14.0. The van der Waals surface area contributed by atoms with Gasteiger partial charge in [-0.1, -0.05) is 114 Å². The lowest BCUT2D eigenvalue weighted by atomic mass is 9.87. The van der Waals surface area contributed by atoms with E-state index in [0.717, 1.165) is 44.6 Å². The number of furan rings is 2. The lowest BCUT2D eigenvalue weighted by Gasteiger charge is -2.22. The van der Waals surface area contributed by atoms with Crippen molar-refractivity contribution in [1.82, 2.24) is 0 Å². The van der Waals surface area contributed by atoms with Crippen LogP contribution < -0.4 is 0 Å². The monoisotopic (exact) mass is 738 g/mol. The van der Waals surface area contributed by atoms with Crippen LogP contribution in [0.5, 0.6) is 0 Å². The summed E-state index contributed by atoms with van der Waals surface area (Å²) < 4.78 is 13.4. The van der Waals surface area contributed by atoms with E-state index < -0.39 is 0 Å². The molecule has 8 rings (SSSR count). The maximum absolute atomic E-state index is 6.72. The fourth-order valence-electron chi connectivity index (χ4n) is 8.70. The summed E-state index contributed by atoms with van der Waals surface area (Å²) in [6.07, 6.45) is 4.91. The molecule has 0 saturated carbocycles. The molecule has 2 radical (unpaired) electrons. The molecule has 2 aliphatic carbocycles. The Morgan fingerprint density at radius 2 is 0.891 bits per heavy atom. The van der Waals surface area contributed by atoms with Crippen molar-refractivity contribution in [2.45, 2.75) is 104 Å². The van der Waals surface area contributed by atoms with Gasteiger partial charge in [0.25, 0.3) is 0 Å². The van der Waals surface area contributed by atoms with Gasteiger partial charge in [-0.15, -0.1) is 0 Å². The molecule has 2 atom stereocenters. The van der Waals surface area contributed by atoms with Gasteiger partial charge in [0.05, 0.1) is 0 Å². The summed E-state index contributed by atoms with van der Waals surface area (Å²) in [5, 5.41) is 0. The minimum Gasteiger partial charge on any atom is -0.461 e. The molecule has 3 heteroatoms. The van der Waals surface area contributed by atoms with E-state index in [1.54, 1.807) is 0 Å². The van der Waals surface area contributed by atoms with Crippen LogP contribution in [0.4, 0.5) is 0 Å². The van der Waals surface area contributed by atoms with Gasteiger partial charge in [-0.3, -0.25) is 0 Å². The van der Waals surface area contributed by atoms with Crippen LogP contribution in [-0.2, 0) is 10.8 Å². The average molecular weight is 739 g/mol. The predicted molar refractivity (Wildman–Crippen MR) is 234 cm³/mol. The zero-order valence-electron chi connectivity index (χ0n) is 34.3. The minimum atomic E-state index is -0.0592. The Morgan fingerprint density at radius 1 is 0.509 bits per heavy atom. The zero-order valence-corrected chi connectivity index (χ0v) is 35.3. The lowest BCUT2D eigenvalue weighted by Crippen LogP contribution is -2.10. The third-order valence-corrected chi connectivity index (χ3v) is 13.4. The predicted octanol–water partition coefficient (Wildman–Crippen LogP) is 14.6. The summed E-state index contributed by atoms with van der Waals surface area (Å²) in [5.74, 6) is 4.56. The van der Waals surface area contributed by atoms with Crippen LogP contribution in [0.25, 0.3) is 45.6 Å². The molecule has 2 heterocycles. The van der Waals surface area contributed by atoms with Crippen LogP contribution >= 0.6 is 0 Å². The molecule has 278 valence electrons. The third-order valence-electron chi connectivity index (χ3n) is 12.0. The summed E-state index contributed by atoms with van der Waals surface area (Å²) in [5.41, 5.74) is 18.7. The van der Waals surface area contributed by atoms with Crippen LogP contribution in [0.3, 0.4) is 0 Å². The Labute approximate surface area is 331 Å². The highest BCUT2D eigenvalue weighted by Gasteiger charge is 2.35. The molecule has 0 spiro atoms. The quantitative estimate of drug-likeness (QED) is 0.145. The molecule has 0 amide bonds. The normalized spacial score (nSPS) is 16.6. The molecule has 0 saturated heterocycles. The van der Waals surface area contributed by atoms with Crippen molar-refractivity contribution < 1.29 is 8.83 Å². The molecule has 2 aliphatic rings. The molecule has 0 N–H and O–H groups in total. The number of hydrogen-bond acceptors (Lipinski definition) is 2. The number of aryl methyl sites for hydroxylation is 2. The van der Waals surface area contributed by atoms with Gasteiger partial charge < -0.3 is 8.83 Å². The SMILES string of the molecule is Cc1cc2c(c(-c3ccccc3)c1C)C=C(c1ccc(C(C)(C)C)o1)C2C[Si]CC1C(c2ccc(C(C)(C)C)o2)=Cc2c1cc(C)c(C)c2-c1ccccc1. The average Bonchev–Trinajstić information content (AvgIpc) is 3.96. The van der Waals surface area contributed by atoms with Gasteiger partial charge in [-0.2, -0.15) is 0 Å². The summed E-state index contributed by atoms with van der Waals surface area (Å²) in [4.78, 5) is 0. The Kier molecular flexibility index (Phi) is 9.45. The first-order chi connectivity index (χ1) is 26.2. The molecule has 0 fully saturated rings. The van der Waals surface area contributed by atoms with E-state index in [-0.39, 0.29) is 22.7 Å². The molecule has 2 nitrogen and oxygen atoms in total. The van der Waals surface area contributed by atoms with Gasteiger partial charge in [0.1, 0.15) is 23.0 Å². The van der Waals surface area contributed by atoms with Crippen molar-refractivity contribution >= 4 is 32.8 Å². The van der Waals surface area contributed by atoms with E-state index in [1.807, 2.05) is 0 Å². The highest BCUT2D eigenvalue weighted by Crippen LogP contribution is 2.52. The Hall–Kier alpha value is -4.86. The van der Waals surface area contributed by atoms with Gasteiger partial charge in [-0.05, 0) is 143 Å². The van der Waals surface area contributed by atoms with E-state index in [4.69, 9.17) is 8.83 Å². The van der Waals surface area contributed by atoms with Crippen LogP contribution in [0.2, 0.25) is 12.1 Å². The fourth-order valence-corrected chi connectivity index (χ4v) is 10.3. The molecule has 0 aliphatic heterocycles. The Morgan fingerprint density at radius 3 is 1.24 bits per heavy atom.